The summed E-state index contributed by atoms with van der Waals surface area (Å²) in [4.78, 5) is 4.38. The molecule has 1 aromatic heterocycles. The average molecular weight is 261 g/mol. The van der Waals surface area contributed by atoms with Crippen LogP contribution in [0.1, 0.15) is 24.6 Å². The van der Waals surface area contributed by atoms with Gasteiger partial charge in [-0.15, -0.1) is 0 Å². The third-order valence-corrected chi connectivity index (χ3v) is 3.24. The Bertz CT molecular complexity index is 576. The summed E-state index contributed by atoms with van der Waals surface area (Å²) in [6, 6.07) is 4.82. The normalized spacial score (nSPS) is 19.5. The molecule has 3 rings (SSSR count). The van der Waals surface area contributed by atoms with Crippen molar-refractivity contribution in [3.05, 3.63) is 24.0 Å². The molecule has 0 spiro atoms. The first-order chi connectivity index (χ1) is 9.24. The fourth-order valence-corrected chi connectivity index (χ4v) is 2.15. The van der Waals surface area contributed by atoms with Crippen molar-refractivity contribution in [1.29, 1.82) is 0 Å². The number of nitrogens with zero attached hydrogens (tertiary/aromatic N) is 2. The quantitative estimate of drug-likeness (QED) is 0.633. The van der Waals surface area contributed by atoms with Crippen molar-refractivity contribution in [2.24, 2.45) is 0 Å². The highest BCUT2D eigenvalue weighted by atomic mass is 16.5. The van der Waals surface area contributed by atoms with E-state index in [4.69, 9.17) is 15.0 Å². The van der Waals surface area contributed by atoms with Gasteiger partial charge in [-0.05, 0) is 31.0 Å². The second-order valence-electron chi connectivity index (χ2n) is 4.65. The molecule has 19 heavy (non-hydrogen) atoms. The highest BCUT2D eigenvalue weighted by Crippen LogP contribution is 2.29. The van der Waals surface area contributed by atoms with Crippen LogP contribution in [0, 0.1) is 0 Å². The molecule has 1 unspecified atom stereocenters. The molecule has 1 fully saturated rings. The van der Waals surface area contributed by atoms with Crippen LogP contribution in [0.3, 0.4) is 0 Å². The lowest BCUT2D eigenvalue weighted by atomic mass is 10.0. The Kier molecular flexibility index (Phi) is 3.08. The van der Waals surface area contributed by atoms with E-state index in [2.05, 4.69) is 10.1 Å². The van der Waals surface area contributed by atoms with Gasteiger partial charge >= 0.3 is 0 Å². The topological polar surface area (TPSA) is 94.4 Å². The highest BCUT2D eigenvalue weighted by Gasteiger charge is 2.22. The Hall–Kier alpha value is -2.08. The van der Waals surface area contributed by atoms with Crippen LogP contribution in [0.4, 0.5) is 5.69 Å². The Balaban J connectivity index is 1.85. The number of phenols is 1. The van der Waals surface area contributed by atoms with Crippen molar-refractivity contribution < 1.29 is 14.4 Å². The molecule has 1 atom stereocenters. The fourth-order valence-electron chi connectivity index (χ4n) is 2.15. The van der Waals surface area contributed by atoms with Gasteiger partial charge in [0.05, 0.1) is 12.3 Å². The molecule has 1 aliphatic rings. The van der Waals surface area contributed by atoms with E-state index in [1.165, 1.54) is 6.07 Å². The maximum Gasteiger partial charge on any atom is 0.258 e. The molecule has 1 saturated heterocycles. The molecule has 3 N–H and O–H groups in total. The van der Waals surface area contributed by atoms with Gasteiger partial charge in [0.1, 0.15) is 5.75 Å². The SMILES string of the molecule is Nc1cc(-c2nc(C3CCCOC3)no2)ccc1O. The van der Waals surface area contributed by atoms with E-state index in [1.54, 1.807) is 12.1 Å². The van der Waals surface area contributed by atoms with Crippen LogP contribution in [0.15, 0.2) is 22.7 Å². The molecule has 0 aliphatic carbocycles. The number of hydrogen-bond donors (Lipinski definition) is 2. The lowest BCUT2D eigenvalue weighted by Gasteiger charge is -2.18. The van der Waals surface area contributed by atoms with Crippen LogP contribution >= 0.6 is 0 Å². The molecule has 0 bridgehead atoms. The van der Waals surface area contributed by atoms with Crippen LogP contribution < -0.4 is 5.73 Å². The van der Waals surface area contributed by atoms with Gasteiger partial charge in [0.2, 0.25) is 0 Å². The maximum atomic E-state index is 9.39. The van der Waals surface area contributed by atoms with Gasteiger partial charge in [-0.1, -0.05) is 5.16 Å². The second-order valence-corrected chi connectivity index (χ2v) is 4.65. The number of benzene rings is 1. The summed E-state index contributed by atoms with van der Waals surface area (Å²) in [6.07, 6.45) is 2.03. The molecule has 1 aromatic carbocycles. The number of nitrogens with two attached hydrogens (primary N) is 1. The lowest BCUT2D eigenvalue weighted by molar-refractivity contribution is 0.0773. The van der Waals surface area contributed by atoms with Crippen LogP contribution in [-0.4, -0.2) is 28.5 Å². The van der Waals surface area contributed by atoms with Gasteiger partial charge in [0.15, 0.2) is 5.82 Å². The van der Waals surface area contributed by atoms with Gasteiger partial charge in [0, 0.05) is 18.1 Å². The minimum Gasteiger partial charge on any atom is -0.506 e. The maximum absolute atomic E-state index is 9.39. The molecule has 6 nitrogen and oxygen atoms in total. The molecule has 0 radical (unpaired) electrons. The number of nitrogen functional groups attached to an aromatic ring is 1. The third kappa shape index (κ3) is 2.39. The summed E-state index contributed by atoms with van der Waals surface area (Å²) in [7, 11) is 0. The highest BCUT2D eigenvalue weighted by molar-refractivity contribution is 5.64. The van der Waals surface area contributed by atoms with Crippen molar-refractivity contribution in [2.75, 3.05) is 18.9 Å². The van der Waals surface area contributed by atoms with Crippen molar-refractivity contribution in [1.82, 2.24) is 10.1 Å². The monoisotopic (exact) mass is 261 g/mol. The number of rotatable bonds is 2. The standard InChI is InChI=1S/C13H15N3O3/c14-10-6-8(3-4-11(10)17)13-15-12(16-19-13)9-2-1-5-18-7-9/h3-4,6,9,17H,1-2,5,7,14H2. The van der Waals surface area contributed by atoms with Gasteiger partial charge in [-0.2, -0.15) is 4.98 Å². The minimum absolute atomic E-state index is 0.0455. The Morgan fingerprint density at radius 3 is 3.00 bits per heavy atom. The van der Waals surface area contributed by atoms with E-state index in [1.807, 2.05) is 0 Å². The zero-order chi connectivity index (χ0) is 13.2. The number of hydrogen-bond acceptors (Lipinski definition) is 6. The lowest BCUT2D eigenvalue weighted by Crippen LogP contribution is -2.16. The van der Waals surface area contributed by atoms with Crippen molar-refractivity contribution >= 4 is 5.69 Å². The second kappa shape index (κ2) is 4.89. The molecular formula is C13H15N3O3. The Morgan fingerprint density at radius 1 is 1.37 bits per heavy atom. The van der Waals surface area contributed by atoms with Crippen molar-refractivity contribution in [3.8, 4) is 17.2 Å². The minimum atomic E-state index is 0.0455. The van der Waals surface area contributed by atoms with Gasteiger partial charge in [0.25, 0.3) is 5.89 Å². The average Bonchev–Trinajstić information content (AvgIpc) is 2.93. The molecule has 1 aliphatic heterocycles. The fraction of sp³-hybridized carbons (Fsp3) is 0.385. The first-order valence-corrected chi connectivity index (χ1v) is 6.24. The first kappa shape index (κ1) is 12.0. The van der Waals surface area contributed by atoms with Crippen molar-refractivity contribution in [3.63, 3.8) is 0 Å². The molecule has 0 saturated carbocycles. The largest absolute Gasteiger partial charge is 0.506 e. The van der Waals surface area contributed by atoms with E-state index < -0.39 is 0 Å². The number of ether oxygens (including phenoxy) is 1. The Morgan fingerprint density at radius 2 is 2.26 bits per heavy atom. The van der Waals surface area contributed by atoms with Gasteiger partial charge < -0.3 is 20.1 Å². The zero-order valence-corrected chi connectivity index (χ0v) is 10.4. The van der Waals surface area contributed by atoms with E-state index in [-0.39, 0.29) is 11.7 Å². The zero-order valence-electron chi connectivity index (χ0n) is 10.4. The molecule has 6 heteroatoms. The predicted octanol–water partition coefficient (Wildman–Crippen LogP) is 1.92. The van der Waals surface area contributed by atoms with Crippen LogP contribution in [0.25, 0.3) is 11.5 Å². The number of anilines is 1. The predicted molar refractivity (Wildman–Crippen MR) is 68.6 cm³/mol. The van der Waals surface area contributed by atoms with Gasteiger partial charge in [-0.25, -0.2) is 0 Å². The van der Waals surface area contributed by atoms with Crippen LogP contribution in [-0.2, 0) is 4.74 Å². The molecular weight excluding hydrogens is 246 g/mol. The molecule has 2 heterocycles. The number of aromatic nitrogens is 2. The molecule has 0 amide bonds. The summed E-state index contributed by atoms with van der Waals surface area (Å²) in [5, 5.41) is 13.4. The van der Waals surface area contributed by atoms with E-state index in [9.17, 15) is 5.11 Å². The van der Waals surface area contributed by atoms with Crippen LogP contribution in [0.5, 0.6) is 5.75 Å². The van der Waals surface area contributed by atoms with Crippen LogP contribution in [0.2, 0.25) is 0 Å². The number of aromatic hydroxyl groups is 1. The van der Waals surface area contributed by atoms with Crippen molar-refractivity contribution in [2.45, 2.75) is 18.8 Å². The third-order valence-electron chi connectivity index (χ3n) is 3.24. The summed E-state index contributed by atoms with van der Waals surface area (Å²) < 4.78 is 10.7. The molecule has 100 valence electrons. The summed E-state index contributed by atoms with van der Waals surface area (Å²) in [6.45, 7) is 1.44. The Labute approximate surface area is 110 Å². The van der Waals surface area contributed by atoms with Gasteiger partial charge in [-0.3, -0.25) is 0 Å². The van der Waals surface area contributed by atoms with E-state index in [0.29, 0.717) is 29.6 Å². The molecule has 2 aromatic rings. The smallest absolute Gasteiger partial charge is 0.258 e. The summed E-state index contributed by atoms with van der Waals surface area (Å²) in [5.41, 5.74) is 6.64. The summed E-state index contributed by atoms with van der Waals surface area (Å²) >= 11 is 0. The van der Waals surface area contributed by atoms with E-state index in [0.717, 1.165) is 19.4 Å². The first-order valence-electron chi connectivity index (χ1n) is 6.24. The van der Waals surface area contributed by atoms with E-state index >= 15 is 0 Å². The summed E-state index contributed by atoms with van der Waals surface area (Å²) in [5.74, 6) is 1.32. The number of phenolic OH excluding ortho intramolecular Hbond substituents is 1.